The molecule has 162 valence electrons. The smallest absolute Gasteiger partial charge is 0.343 e. The van der Waals surface area contributed by atoms with E-state index in [2.05, 4.69) is 10.8 Å². The summed E-state index contributed by atoms with van der Waals surface area (Å²) in [6.45, 7) is 2.42. The fraction of sp³-hybridized carbons (Fsp3) is 0.364. The van der Waals surface area contributed by atoms with Crippen molar-refractivity contribution in [3.05, 3.63) is 64.7 Å². The van der Waals surface area contributed by atoms with Gasteiger partial charge in [0.1, 0.15) is 5.75 Å². The molecule has 8 heteroatoms. The first-order chi connectivity index (χ1) is 13.9. The largest absolute Gasteiger partial charge is 0.482 e. The summed E-state index contributed by atoms with van der Waals surface area (Å²) in [6.07, 6.45) is -0.0417. The van der Waals surface area contributed by atoms with E-state index in [0.717, 1.165) is 11.1 Å². The zero-order valence-corrected chi connectivity index (χ0v) is 18.5. The second-order valence-electron chi connectivity index (χ2n) is 6.72. The van der Waals surface area contributed by atoms with Gasteiger partial charge >= 0.3 is 5.97 Å². The van der Waals surface area contributed by atoms with Gasteiger partial charge in [-0.15, -0.1) is 12.4 Å². The highest BCUT2D eigenvalue weighted by molar-refractivity contribution is 6.30. The summed E-state index contributed by atoms with van der Waals surface area (Å²) in [5, 5.41) is 20.3. The third-order valence-corrected chi connectivity index (χ3v) is 4.81. The van der Waals surface area contributed by atoms with E-state index in [1.165, 1.54) is 7.11 Å². The number of nitrogens with zero attached hydrogens (tertiary/aromatic N) is 2. The number of rotatable bonds is 10. The molecule has 30 heavy (non-hydrogen) atoms. The lowest BCUT2D eigenvalue weighted by molar-refractivity contribution is -0.142. The zero-order chi connectivity index (χ0) is 21.2. The fourth-order valence-electron chi connectivity index (χ4n) is 2.93. The molecule has 2 atom stereocenters. The van der Waals surface area contributed by atoms with Gasteiger partial charge in [0, 0.05) is 17.6 Å². The topological polar surface area (TPSA) is 82.8 Å². The predicted octanol–water partition coefficient (Wildman–Crippen LogP) is 3.80. The monoisotopic (exact) mass is 452 g/mol. The molecule has 0 heterocycles. The first-order valence-corrected chi connectivity index (χ1v) is 9.63. The molecule has 0 spiro atoms. The van der Waals surface area contributed by atoms with Crippen molar-refractivity contribution in [2.24, 2.45) is 0 Å². The van der Waals surface area contributed by atoms with Crippen LogP contribution in [-0.2, 0) is 16.0 Å². The number of carbonyl (C=O) groups excluding carboxylic acids is 1. The van der Waals surface area contributed by atoms with Crippen LogP contribution >= 0.6 is 24.0 Å². The van der Waals surface area contributed by atoms with Crippen LogP contribution in [0.2, 0.25) is 5.02 Å². The molecule has 0 aromatic heterocycles. The van der Waals surface area contributed by atoms with Gasteiger partial charge < -0.3 is 14.6 Å². The summed E-state index contributed by atoms with van der Waals surface area (Å²) in [6, 6.07) is 16.7. The Morgan fingerprint density at radius 1 is 1.27 bits per heavy atom. The summed E-state index contributed by atoms with van der Waals surface area (Å²) >= 11 is 6.00. The lowest BCUT2D eigenvalue weighted by Gasteiger charge is -2.29. The Morgan fingerprint density at radius 2 is 1.97 bits per heavy atom. The Morgan fingerprint density at radius 3 is 2.57 bits per heavy atom. The van der Waals surface area contributed by atoms with E-state index in [1.807, 2.05) is 30.0 Å². The maximum Gasteiger partial charge on any atom is 0.343 e. The SMILES string of the molecule is COC(=O)COc1ccc(CC(C)N(CC#N)C[C@@H](O)c2cccc(Cl)c2)cc1.Cl. The second kappa shape index (κ2) is 13.1. The standard InChI is InChI=1S/C22H25ClN2O4.ClH/c1-16(12-17-6-8-20(9-7-17)29-15-22(27)28-2)25(11-10-24)14-21(26)18-4-3-5-19(23)13-18;/h3-9,13,16,21,26H,11-12,14-15H2,1-2H3;1H/t16?,21-;/m1./s1. The maximum absolute atomic E-state index is 11.1. The van der Waals surface area contributed by atoms with Gasteiger partial charge in [0.25, 0.3) is 0 Å². The van der Waals surface area contributed by atoms with Crippen molar-refractivity contribution in [3.8, 4) is 11.8 Å². The van der Waals surface area contributed by atoms with Crippen molar-refractivity contribution >= 4 is 30.0 Å². The van der Waals surface area contributed by atoms with Gasteiger partial charge in [-0.1, -0.05) is 35.9 Å². The van der Waals surface area contributed by atoms with Crippen LogP contribution in [0.1, 0.15) is 24.2 Å². The van der Waals surface area contributed by atoms with Gasteiger partial charge in [-0.3, -0.25) is 4.90 Å². The Kier molecular flexibility index (Phi) is 11.2. The molecule has 1 N–H and O–H groups in total. The van der Waals surface area contributed by atoms with E-state index in [-0.39, 0.29) is 31.6 Å². The minimum absolute atomic E-state index is 0. The van der Waals surface area contributed by atoms with Crippen LogP contribution < -0.4 is 4.74 Å². The molecule has 0 fully saturated rings. The van der Waals surface area contributed by atoms with E-state index in [1.54, 1.807) is 30.3 Å². The van der Waals surface area contributed by atoms with Gasteiger partial charge in [-0.2, -0.15) is 5.26 Å². The van der Waals surface area contributed by atoms with E-state index in [0.29, 0.717) is 23.7 Å². The van der Waals surface area contributed by atoms with Gasteiger partial charge in [-0.25, -0.2) is 4.79 Å². The third-order valence-electron chi connectivity index (χ3n) is 4.58. The number of methoxy groups -OCH3 is 1. The minimum atomic E-state index is -0.737. The predicted molar refractivity (Wildman–Crippen MR) is 118 cm³/mol. The van der Waals surface area contributed by atoms with Crippen LogP contribution in [0.25, 0.3) is 0 Å². The third kappa shape index (κ3) is 8.21. The number of ether oxygens (including phenoxy) is 2. The number of hydrogen-bond acceptors (Lipinski definition) is 6. The Balaban J connectivity index is 0.00000450. The molecule has 0 aliphatic carbocycles. The molecule has 2 aromatic carbocycles. The zero-order valence-electron chi connectivity index (χ0n) is 17.0. The van der Waals surface area contributed by atoms with Crippen molar-refractivity contribution < 1.29 is 19.4 Å². The number of esters is 1. The summed E-state index contributed by atoms with van der Waals surface area (Å²) in [4.78, 5) is 13.1. The van der Waals surface area contributed by atoms with Gasteiger partial charge in [0.05, 0.1) is 25.8 Å². The lowest BCUT2D eigenvalue weighted by atomic mass is 10.0. The van der Waals surface area contributed by atoms with Crippen molar-refractivity contribution in [1.29, 1.82) is 5.26 Å². The molecule has 0 radical (unpaired) electrons. The molecule has 0 bridgehead atoms. The molecular formula is C22H26Cl2N2O4. The van der Waals surface area contributed by atoms with E-state index >= 15 is 0 Å². The molecule has 6 nitrogen and oxygen atoms in total. The molecule has 0 saturated heterocycles. The average molecular weight is 453 g/mol. The van der Waals surface area contributed by atoms with Crippen LogP contribution in [-0.4, -0.2) is 48.8 Å². The first kappa shape index (κ1) is 25.7. The van der Waals surface area contributed by atoms with E-state index < -0.39 is 12.1 Å². The molecule has 0 aliphatic rings. The van der Waals surface area contributed by atoms with Crippen molar-refractivity contribution in [2.45, 2.75) is 25.5 Å². The summed E-state index contributed by atoms with van der Waals surface area (Å²) < 4.78 is 9.89. The van der Waals surface area contributed by atoms with Gasteiger partial charge in [-0.05, 0) is 48.7 Å². The number of hydrogen-bond donors (Lipinski definition) is 1. The second-order valence-corrected chi connectivity index (χ2v) is 7.16. The number of aliphatic hydroxyl groups is 1. The molecule has 0 aliphatic heterocycles. The van der Waals surface area contributed by atoms with Crippen LogP contribution in [0, 0.1) is 11.3 Å². The van der Waals surface area contributed by atoms with Gasteiger partial charge in [0.15, 0.2) is 6.61 Å². The first-order valence-electron chi connectivity index (χ1n) is 9.26. The van der Waals surface area contributed by atoms with Gasteiger partial charge in [0.2, 0.25) is 0 Å². The van der Waals surface area contributed by atoms with E-state index in [9.17, 15) is 15.2 Å². The summed E-state index contributed by atoms with van der Waals surface area (Å²) in [5.74, 6) is 0.144. The lowest BCUT2D eigenvalue weighted by Crippen LogP contribution is -2.38. The number of benzene rings is 2. The molecule has 2 aromatic rings. The molecule has 0 saturated carbocycles. The van der Waals surface area contributed by atoms with E-state index in [4.69, 9.17) is 16.3 Å². The number of aliphatic hydroxyl groups excluding tert-OH is 1. The van der Waals surface area contributed by atoms with Crippen molar-refractivity contribution in [2.75, 3.05) is 26.8 Å². The quantitative estimate of drug-likeness (QED) is 0.435. The number of halogens is 2. The molecule has 0 amide bonds. The van der Waals surface area contributed by atoms with Crippen LogP contribution in [0.15, 0.2) is 48.5 Å². The molecule has 2 rings (SSSR count). The Bertz CT molecular complexity index is 840. The fourth-order valence-corrected chi connectivity index (χ4v) is 3.12. The number of nitriles is 1. The summed E-state index contributed by atoms with van der Waals surface area (Å²) in [7, 11) is 1.31. The highest BCUT2D eigenvalue weighted by atomic mass is 35.5. The van der Waals surface area contributed by atoms with Crippen LogP contribution in [0.3, 0.4) is 0 Å². The highest BCUT2D eigenvalue weighted by Gasteiger charge is 2.19. The van der Waals surface area contributed by atoms with Crippen molar-refractivity contribution in [1.82, 2.24) is 4.90 Å². The van der Waals surface area contributed by atoms with Crippen LogP contribution in [0.4, 0.5) is 0 Å². The Labute approximate surface area is 188 Å². The highest BCUT2D eigenvalue weighted by Crippen LogP contribution is 2.21. The van der Waals surface area contributed by atoms with Crippen LogP contribution in [0.5, 0.6) is 5.75 Å². The normalized spacial score (nSPS) is 12.4. The molecular weight excluding hydrogens is 427 g/mol. The van der Waals surface area contributed by atoms with Crippen molar-refractivity contribution in [3.63, 3.8) is 0 Å². The summed E-state index contributed by atoms with van der Waals surface area (Å²) in [5.41, 5.74) is 1.78. The molecule has 1 unspecified atom stereocenters. The maximum atomic E-state index is 11.1. The number of carbonyl (C=O) groups is 1. The Hall–Kier alpha value is -2.30. The average Bonchev–Trinajstić information content (AvgIpc) is 2.72. The minimum Gasteiger partial charge on any atom is -0.482 e.